The SMILES string of the molecule is CC1CNc2cccnc2C1. The van der Waals surface area contributed by atoms with Crippen molar-refractivity contribution in [2.45, 2.75) is 13.3 Å². The molecule has 1 aromatic heterocycles. The Morgan fingerprint density at radius 1 is 1.64 bits per heavy atom. The Balaban J connectivity index is 2.34. The molecular weight excluding hydrogens is 136 g/mol. The van der Waals surface area contributed by atoms with Crippen LogP contribution in [0.4, 0.5) is 5.69 Å². The number of fused-ring (bicyclic) bond motifs is 1. The molecule has 1 aliphatic rings. The van der Waals surface area contributed by atoms with Crippen LogP contribution in [0.5, 0.6) is 0 Å². The summed E-state index contributed by atoms with van der Waals surface area (Å²) in [5.74, 6) is 0.720. The molecule has 0 aliphatic carbocycles. The molecular formula is C9H12N2. The van der Waals surface area contributed by atoms with Crippen LogP contribution in [-0.2, 0) is 6.42 Å². The van der Waals surface area contributed by atoms with Crippen LogP contribution in [0, 0.1) is 5.92 Å². The summed E-state index contributed by atoms with van der Waals surface area (Å²) in [6, 6.07) is 4.07. The van der Waals surface area contributed by atoms with Gasteiger partial charge in [0.2, 0.25) is 0 Å². The largest absolute Gasteiger partial charge is 0.383 e. The number of rotatable bonds is 0. The summed E-state index contributed by atoms with van der Waals surface area (Å²) in [6.07, 6.45) is 2.97. The molecule has 1 atom stereocenters. The molecule has 2 heteroatoms. The van der Waals surface area contributed by atoms with Crippen LogP contribution in [0.25, 0.3) is 0 Å². The fraction of sp³-hybridized carbons (Fsp3) is 0.444. The van der Waals surface area contributed by atoms with Crippen molar-refractivity contribution in [1.82, 2.24) is 4.98 Å². The summed E-state index contributed by atoms with van der Waals surface area (Å²) >= 11 is 0. The van der Waals surface area contributed by atoms with Crippen LogP contribution in [0.1, 0.15) is 12.6 Å². The van der Waals surface area contributed by atoms with Gasteiger partial charge in [0, 0.05) is 12.7 Å². The maximum atomic E-state index is 4.31. The van der Waals surface area contributed by atoms with Crippen molar-refractivity contribution in [2.24, 2.45) is 5.92 Å². The van der Waals surface area contributed by atoms with Crippen LogP contribution in [0.2, 0.25) is 0 Å². The number of pyridine rings is 1. The van der Waals surface area contributed by atoms with Crippen molar-refractivity contribution in [3.63, 3.8) is 0 Å². The molecule has 2 rings (SSSR count). The van der Waals surface area contributed by atoms with Gasteiger partial charge in [-0.2, -0.15) is 0 Å². The molecule has 1 aliphatic heterocycles. The average Bonchev–Trinajstić information content (AvgIpc) is 2.04. The number of nitrogens with one attached hydrogen (secondary N) is 1. The van der Waals surface area contributed by atoms with E-state index >= 15 is 0 Å². The lowest BCUT2D eigenvalue weighted by Gasteiger charge is -2.21. The van der Waals surface area contributed by atoms with Gasteiger partial charge < -0.3 is 5.32 Å². The topological polar surface area (TPSA) is 24.9 Å². The molecule has 0 spiro atoms. The number of hydrogen-bond donors (Lipinski definition) is 1. The predicted octanol–water partition coefficient (Wildman–Crippen LogP) is 1.69. The zero-order valence-electron chi connectivity index (χ0n) is 6.67. The molecule has 1 aromatic rings. The van der Waals surface area contributed by atoms with Gasteiger partial charge in [-0.1, -0.05) is 6.92 Å². The van der Waals surface area contributed by atoms with Gasteiger partial charge in [-0.3, -0.25) is 4.98 Å². The number of aromatic nitrogens is 1. The van der Waals surface area contributed by atoms with E-state index in [2.05, 4.69) is 23.3 Å². The van der Waals surface area contributed by atoms with E-state index in [0.29, 0.717) is 0 Å². The van der Waals surface area contributed by atoms with E-state index < -0.39 is 0 Å². The number of nitrogens with zero attached hydrogens (tertiary/aromatic N) is 1. The van der Waals surface area contributed by atoms with Gasteiger partial charge in [0.05, 0.1) is 11.4 Å². The highest BCUT2D eigenvalue weighted by molar-refractivity contribution is 5.49. The first-order valence-corrected chi connectivity index (χ1v) is 4.04. The molecule has 0 radical (unpaired) electrons. The first-order chi connectivity index (χ1) is 5.36. The molecule has 2 heterocycles. The lowest BCUT2D eigenvalue weighted by atomic mass is 10.0. The summed E-state index contributed by atoms with van der Waals surface area (Å²) < 4.78 is 0. The fourth-order valence-electron chi connectivity index (χ4n) is 1.45. The summed E-state index contributed by atoms with van der Waals surface area (Å²) in [6.45, 7) is 3.32. The Morgan fingerprint density at radius 3 is 3.45 bits per heavy atom. The molecule has 0 fully saturated rings. The van der Waals surface area contributed by atoms with Crippen LogP contribution >= 0.6 is 0 Å². The highest BCUT2D eigenvalue weighted by Crippen LogP contribution is 2.21. The van der Waals surface area contributed by atoms with Crippen molar-refractivity contribution in [1.29, 1.82) is 0 Å². The maximum Gasteiger partial charge on any atom is 0.0637 e. The first kappa shape index (κ1) is 6.65. The van der Waals surface area contributed by atoms with E-state index in [1.807, 2.05) is 12.3 Å². The van der Waals surface area contributed by atoms with E-state index in [1.54, 1.807) is 0 Å². The van der Waals surface area contributed by atoms with Crippen LogP contribution in [0.3, 0.4) is 0 Å². The molecule has 0 saturated heterocycles. The van der Waals surface area contributed by atoms with Gasteiger partial charge in [0.25, 0.3) is 0 Å². The Kier molecular flexibility index (Phi) is 1.53. The third-order valence-corrected chi connectivity index (χ3v) is 2.07. The minimum atomic E-state index is 0.720. The standard InChI is InChI=1S/C9H12N2/c1-7-5-9-8(11-6-7)3-2-4-10-9/h2-4,7,11H,5-6H2,1H3. The molecule has 11 heavy (non-hydrogen) atoms. The zero-order valence-corrected chi connectivity index (χ0v) is 6.67. The smallest absolute Gasteiger partial charge is 0.0637 e. The van der Waals surface area contributed by atoms with Crippen molar-refractivity contribution in [2.75, 3.05) is 11.9 Å². The van der Waals surface area contributed by atoms with E-state index in [9.17, 15) is 0 Å². The highest BCUT2D eigenvalue weighted by atomic mass is 14.9. The Bertz CT molecular complexity index is 257. The molecule has 0 bridgehead atoms. The van der Waals surface area contributed by atoms with Gasteiger partial charge in [-0.25, -0.2) is 0 Å². The maximum absolute atomic E-state index is 4.31. The monoisotopic (exact) mass is 148 g/mol. The summed E-state index contributed by atoms with van der Waals surface area (Å²) in [7, 11) is 0. The third kappa shape index (κ3) is 1.20. The normalized spacial score (nSPS) is 22.1. The number of anilines is 1. The zero-order chi connectivity index (χ0) is 7.68. The third-order valence-electron chi connectivity index (χ3n) is 2.07. The van der Waals surface area contributed by atoms with Gasteiger partial charge in [-0.05, 0) is 24.5 Å². The first-order valence-electron chi connectivity index (χ1n) is 4.04. The summed E-state index contributed by atoms with van der Waals surface area (Å²) in [4.78, 5) is 4.31. The lowest BCUT2D eigenvalue weighted by Crippen LogP contribution is -2.21. The lowest BCUT2D eigenvalue weighted by molar-refractivity contribution is 0.584. The number of hydrogen-bond acceptors (Lipinski definition) is 2. The van der Waals surface area contributed by atoms with Crippen molar-refractivity contribution in [3.05, 3.63) is 24.0 Å². The van der Waals surface area contributed by atoms with Crippen molar-refractivity contribution < 1.29 is 0 Å². The van der Waals surface area contributed by atoms with E-state index in [1.165, 1.54) is 11.4 Å². The minimum Gasteiger partial charge on any atom is -0.383 e. The van der Waals surface area contributed by atoms with Gasteiger partial charge in [0.1, 0.15) is 0 Å². The average molecular weight is 148 g/mol. The molecule has 2 nitrogen and oxygen atoms in total. The Morgan fingerprint density at radius 2 is 2.55 bits per heavy atom. The summed E-state index contributed by atoms with van der Waals surface area (Å²) in [5, 5.41) is 3.35. The van der Waals surface area contributed by atoms with Crippen molar-refractivity contribution >= 4 is 5.69 Å². The van der Waals surface area contributed by atoms with E-state index in [-0.39, 0.29) is 0 Å². The second-order valence-electron chi connectivity index (χ2n) is 3.19. The van der Waals surface area contributed by atoms with Crippen LogP contribution in [-0.4, -0.2) is 11.5 Å². The molecule has 58 valence electrons. The summed E-state index contributed by atoms with van der Waals surface area (Å²) in [5.41, 5.74) is 2.43. The van der Waals surface area contributed by atoms with Gasteiger partial charge in [0.15, 0.2) is 0 Å². The Hall–Kier alpha value is -1.05. The molecule has 0 aromatic carbocycles. The highest BCUT2D eigenvalue weighted by Gasteiger charge is 2.13. The molecule has 1 unspecified atom stereocenters. The van der Waals surface area contributed by atoms with Gasteiger partial charge in [-0.15, -0.1) is 0 Å². The minimum absolute atomic E-state index is 0.720. The second-order valence-corrected chi connectivity index (χ2v) is 3.19. The van der Waals surface area contributed by atoms with E-state index in [0.717, 1.165) is 18.9 Å². The Labute approximate surface area is 66.7 Å². The van der Waals surface area contributed by atoms with Crippen LogP contribution < -0.4 is 5.32 Å². The molecule has 0 saturated carbocycles. The molecule has 1 N–H and O–H groups in total. The predicted molar refractivity (Wildman–Crippen MR) is 45.6 cm³/mol. The van der Waals surface area contributed by atoms with Gasteiger partial charge >= 0.3 is 0 Å². The van der Waals surface area contributed by atoms with Crippen molar-refractivity contribution in [3.8, 4) is 0 Å². The van der Waals surface area contributed by atoms with E-state index in [4.69, 9.17) is 0 Å². The second kappa shape index (κ2) is 2.53. The van der Waals surface area contributed by atoms with Crippen LogP contribution in [0.15, 0.2) is 18.3 Å². The quantitative estimate of drug-likeness (QED) is 0.605. The molecule has 0 amide bonds. The fourth-order valence-corrected chi connectivity index (χ4v) is 1.45.